The molecule has 82 valence electrons. The minimum atomic E-state index is 0.601. The van der Waals surface area contributed by atoms with Gasteiger partial charge >= 0.3 is 0 Å². The highest BCUT2D eigenvalue weighted by molar-refractivity contribution is 5.69. The second-order valence-corrected chi connectivity index (χ2v) is 4.11. The summed E-state index contributed by atoms with van der Waals surface area (Å²) in [5.41, 5.74) is 7.67. The van der Waals surface area contributed by atoms with Gasteiger partial charge in [0, 0.05) is 12.1 Å². The Hall–Kier alpha value is -1.38. The van der Waals surface area contributed by atoms with E-state index in [4.69, 9.17) is 10.5 Å². The molecule has 0 radical (unpaired) electrons. The molecule has 0 spiro atoms. The van der Waals surface area contributed by atoms with E-state index < -0.39 is 0 Å². The first-order valence-electron chi connectivity index (χ1n) is 5.44. The Bertz CT molecular complexity index is 351. The SMILES string of the molecule is CCC1CC1Nc1cc(OC)ccc1N. The topological polar surface area (TPSA) is 47.3 Å². The molecule has 1 aliphatic carbocycles. The van der Waals surface area contributed by atoms with Gasteiger partial charge in [0.1, 0.15) is 5.75 Å². The van der Waals surface area contributed by atoms with E-state index in [1.165, 1.54) is 12.8 Å². The third kappa shape index (κ3) is 2.17. The van der Waals surface area contributed by atoms with Crippen molar-refractivity contribution in [3.05, 3.63) is 18.2 Å². The zero-order chi connectivity index (χ0) is 10.8. The predicted molar refractivity (Wildman–Crippen MR) is 63.2 cm³/mol. The van der Waals surface area contributed by atoms with Gasteiger partial charge in [0.2, 0.25) is 0 Å². The molecule has 1 saturated carbocycles. The molecule has 0 aromatic heterocycles. The van der Waals surface area contributed by atoms with Gasteiger partial charge in [0.15, 0.2) is 0 Å². The quantitative estimate of drug-likeness (QED) is 0.744. The van der Waals surface area contributed by atoms with Gasteiger partial charge < -0.3 is 15.8 Å². The first-order valence-corrected chi connectivity index (χ1v) is 5.44. The van der Waals surface area contributed by atoms with E-state index in [-0.39, 0.29) is 0 Å². The fourth-order valence-corrected chi connectivity index (χ4v) is 1.86. The van der Waals surface area contributed by atoms with Gasteiger partial charge in [0.25, 0.3) is 0 Å². The van der Waals surface area contributed by atoms with Gasteiger partial charge in [-0.1, -0.05) is 13.3 Å². The first kappa shape index (κ1) is 10.1. The predicted octanol–water partition coefficient (Wildman–Crippen LogP) is 2.49. The minimum absolute atomic E-state index is 0.601. The van der Waals surface area contributed by atoms with Gasteiger partial charge in [-0.25, -0.2) is 0 Å². The van der Waals surface area contributed by atoms with Gasteiger partial charge in [-0.3, -0.25) is 0 Å². The first-order chi connectivity index (χ1) is 7.24. The van der Waals surface area contributed by atoms with Crippen LogP contribution in [0.25, 0.3) is 0 Å². The van der Waals surface area contributed by atoms with Crippen molar-refractivity contribution in [1.82, 2.24) is 0 Å². The summed E-state index contributed by atoms with van der Waals surface area (Å²) in [6.45, 7) is 2.22. The van der Waals surface area contributed by atoms with Crippen LogP contribution in [0.15, 0.2) is 18.2 Å². The van der Waals surface area contributed by atoms with Gasteiger partial charge in [-0.05, 0) is 24.5 Å². The van der Waals surface area contributed by atoms with Crippen LogP contribution in [0.1, 0.15) is 19.8 Å². The summed E-state index contributed by atoms with van der Waals surface area (Å²) >= 11 is 0. The fourth-order valence-electron chi connectivity index (χ4n) is 1.86. The van der Waals surface area contributed by atoms with Crippen molar-refractivity contribution in [3.8, 4) is 5.75 Å². The van der Waals surface area contributed by atoms with Crippen molar-refractivity contribution >= 4 is 11.4 Å². The van der Waals surface area contributed by atoms with Crippen LogP contribution in [0.4, 0.5) is 11.4 Å². The Morgan fingerprint density at radius 1 is 1.53 bits per heavy atom. The maximum Gasteiger partial charge on any atom is 0.121 e. The second kappa shape index (κ2) is 4.01. The van der Waals surface area contributed by atoms with Crippen LogP contribution in [0.5, 0.6) is 5.75 Å². The van der Waals surface area contributed by atoms with Crippen LogP contribution in [0.2, 0.25) is 0 Å². The third-order valence-corrected chi connectivity index (χ3v) is 3.05. The van der Waals surface area contributed by atoms with Crippen molar-refractivity contribution < 1.29 is 4.74 Å². The van der Waals surface area contributed by atoms with Gasteiger partial charge in [-0.15, -0.1) is 0 Å². The Morgan fingerprint density at radius 2 is 2.33 bits per heavy atom. The standard InChI is InChI=1S/C12H18N2O/c1-3-8-6-11(8)14-12-7-9(15-2)4-5-10(12)13/h4-5,7-8,11,14H,3,6,13H2,1-2H3. The molecule has 15 heavy (non-hydrogen) atoms. The zero-order valence-electron chi connectivity index (χ0n) is 9.29. The van der Waals surface area contributed by atoms with Crippen molar-refractivity contribution in [2.45, 2.75) is 25.8 Å². The molecular weight excluding hydrogens is 188 g/mol. The average molecular weight is 206 g/mol. The Labute approximate surface area is 90.6 Å². The van der Waals surface area contributed by atoms with Crippen LogP contribution in [-0.2, 0) is 0 Å². The second-order valence-electron chi connectivity index (χ2n) is 4.11. The maximum atomic E-state index is 5.89. The van der Waals surface area contributed by atoms with E-state index in [2.05, 4.69) is 12.2 Å². The lowest BCUT2D eigenvalue weighted by molar-refractivity contribution is 0.415. The number of nitrogens with two attached hydrogens (primary N) is 1. The van der Waals surface area contributed by atoms with Crippen molar-refractivity contribution in [3.63, 3.8) is 0 Å². The van der Waals surface area contributed by atoms with Crippen LogP contribution in [-0.4, -0.2) is 13.2 Å². The summed E-state index contributed by atoms with van der Waals surface area (Å²) < 4.78 is 5.17. The summed E-state index contributed by atoms with van der Waals surface area (Å²) in [5, 5.41) is 3.45. The molecular formula is C12H18N2O. The number of hydrogen-bond acceptors (Lipinski definition) is 3. The van der Waals surface area contributed by atoms with Gasteiger partial charge in [-0.2, -0.15) is 0 Å². The molecule has 1 fully saturated rings. The summed E-state index contributed by atoms with van der Waals surface area (Å²) in [6, 6.07) is 6.32. The highest BCUT2D eigenvalue weighted by atomic mass is 16.5. The molecule has 3 N–H and O–H groups in total. The fraction of sp³-hybridized carbons (Fsp3) is 0.500. The largest absolute Gasteiger partial charge is 0.497 e. The zero-order valence-corrected chi connectivity index (χ0v) is 9.29. The molecule has 2 rings (SSSR count). The van der Waals surface area contributed by atoms with E-state index in [9.17, 15) is 0 Å². The normalized spacial score (nSPS) is 23.6. The lowest BCUT2D eigenvalue weighted by atomic mass is 10.2. The molecule has 1 aromatic carbocycles. The molecule has 1 aromatic rings. The molecule has 0 bridgehead atoms. The minimum Gasteiger partial charge on any atom is -0.497 e. The summed E-state index contributed by atoms with van der Waals surface area (Å²) in [5.74, 6) is 1.66. The molecule has 3 heteroatoms. The average Bonchev–Trinajstić information content (AvgIpc) is 3.00. The molecule has 1 aliphatic rings. The van der Waals surface area contributed by atoms with Gasteiger partial charge in [0.05, 0.1) is 18.5 Å². The number of rotatable bonds is 4. The van der Waals surface area contributed by atoms with Crippen LogP contribution in [0, 0.1) is 5.92 Å². The van der Waals surface area contributed by atoms with Crippen molar-refractivity contribution in [2.24, 2.45) is 5.92 Å². The van der Waals surface area contributed by atoms with Crippen molar-refractivity contribution in [1.29, 1.82) is 0 Å². The van der Waals surface area contributed by atoms with Crippen LogP contribution in [0.3, 0.4) is 0 Å². The Morgan fingerprint density at radius 3 is 2.93 bits per heavy atom. The Balaban J connectivity index is 2.07. The lowest BCUT2D eigenvalue weighted by Gasteiger charge is -2.10. The summed E-state index contributed by atoms with van der Waals surface area (Å²) in [6.07, 6.45) is 2.49. The highest BCUT2D eigenvalue weighted by Crippen LogP contribution is 2.38. The summed E-state index contributed by atoms with van der Waals surface area (Å²) in [7, 11) is 1.67. The number of anilines is 2. The third-order valence-electron chi connectivity index (χ3n) is 3.05. The molecule has 2 unspecified atom stereocenters. The molecule has 0 aliphatic heterocycles. The number of methoxy groups -OCH3 is 1. The number of nitrogen functional groups attached to an aromatic ring is 1. The number of hydrogen-bond donors (Lipinski definition) is 2. The molecule has 0 heterocycles. The molecule has 3 nitrogen and oxygen atoms in total. The van der Waals surface area contributed by atoms with E-state index in [1.807, 2.05) is 18.2 Å². The number of benzene rings is 1. The van der Waals surface area contributed by atoms with E-state index >= 15 is 0 Å². The van der Waals surface area contributed by atoms with Crippen LogP contribution >= 0.6 is 0 Å². The smallest absolute Gasteiger partial charge is 0.121 e. The van der Waals surface area contributed by atoms with E-state index in [0.717, 1.165) is 23.0 Å². The lowest BCUT2D eigenvalue weighted by Crippen LogP contribution is -2.06. The monoisotopic (exact) mass is 206 g/mol. The van der Waals surface area contributed by atoms with Crippen molar-refractivity contribution in [2.75, 3.05) is 18.2 Å². The molecule has 0 saturated heterocycles. The van der Waals surface area contributed by atoms with E-state index in [1.54, 1.807) is 7.11 Å². The Kier molecular flexibility index (Phi) is 2.71. The maximum absolute atomic E-state index is 5.89. The molecule has 2 atom stereocenters. The summed E-state index contributed by atoms with van der Waals surface area (Å²) in [4.78, 5) is 0. The van der Waals surface area contributed by atoms with Crippen LogP contribution < -0.4 is 15.8 Å². The van der Waals surface area contributed by atoms with E-state index in [0.29, 0.717) is 6.04 Å². The number of nitrogens with one attached hydrogen (secondary N) is 1. The highest BCUT2D eigenvalue weighted by Gasteiger charge is 2.35. The molecule has 0 amide bonds. The number of ether oxygens (including phenoxy) is 1.